The van der Waals surface area contributed by atoms with E-state index < -0.39 is 5.41 Å². The van der Waals surface area contributed by atoms with Crippen LogP contribution in [0.2, 0.25) is 0 Å². The SMILES string of the molecule is NC1=C[C@]2(CN1)c1cc(O)ccc1Oc1ncc(Br)cc12. The normalized spacial score (nSPS) is 22.0. The zero-order chi connectivity index (χ0) is 14.6. The van der Waals surface area contributed by atoms with E-state index in [9.17, 15) is 5.11 Å². The van der Waals surface area contributed by atoms with Crippen molar-refractivity contribution in [1.82, 2.24) is 10.3 Å². The average Bonchev–Trinajstić information content (AvgIpc) is 2.84. The lowest BCUT2D eigenvalue weighted by Gasteiger charge is -2.34. The maximum atomic E-state index is 9.85. The van der Waals surface area contributed by atoms with Crippen molar-refractivity contribution in [3.8, 4) is 17.4 Å². The van der Waals surface area contributed by atoms with Gasteiger partial charge in [-0.1, -0.05) is 0 Å². The Bertz CT molecular complexity index is 737. The van der Waals surface area contributed by atoms with E-state index in [2.05, 4.69) is 26.2 Å². The number of hydrogen-bond acceptors (Lipinski definition) is 5. The van der Waals surface area contributed by atoms with Gasteiger partial charge in [-0.2, -0.15) is 0 Å². The average molecular weight is 346 g/mol. The van der Waals surface area contributed by atoms with E-state index >= 15 is 0 Å². The van der Waals surface area contributed by atoms with Gasteiger partial charge in [-0.25, -0.2) is 4.98 Å². The molecular formula is C15H12BrN3O2. The summed E-state index contributed by atoms with van der Waals surface area (Å²) in [5.41, 5.74) is 7.26. The molecule has 1 aromatic carbocycles. The predicted octanol–water partition coefficient (Wildman–Crippen LogP) is 2.34. The third-order valence-corrected chi connectivity index (χ3v) is 4.36. The molecule has 1 aromatic heterocycles. The van der Waals surface area contributed by atoms with E-state index in [4.69, 9.17) is 10.5 Å². The van der Waals surface area contributed by atoms with Crippen molar-refractivity contribution < 1.29 is 9.84 Å². The largest absolute Gasteiger partial charge is 0.508 e. The van der Waals surface area contributed by atoms with Gasteiger partial charge in [0.25, 0.3) is 0 Å². The lowest BCUT2D eigenvalue weighted by Crippen LogP contribution is -2.34. The summed E-state index contributed by atoms with van der Waals surface area (Å²) in [5, 5.41) is 13.0. The molecule has 4 N–H and O–H groups in total. The van der Waals surface area contributed by atoms with Gasteiger partial charge in [0.05, 0.1) is 11.2 Å². The van der Waals surface area contributed by atoms with Crippen LogP contribution < -0.4 is 15.8 Å². The fourth-order valence-electron chi connectivity index (χ4n) is 2.99. The number of rotatable bonds is 0. The third-order valence-electron chi connectivity index (χ3n) is 3.92. The van der Waals surface area contributed by atoms with Crippen LogP contribution in [0, 0.1) is 0 Å². The van der Waals surface area contributed by atoms with E-state index in [0.29, 0.717) is 24.0 Å². The Hall–Kier alpha value is -2.21. The highest BCUT2D eigenvalue weighted by Crippen LogP contribution is 2.50. The van der Waals surface area contributed by atoms with E-state index in [-0.39, 0.29) is 5.75 Å². The molecule has 106 valence electrons. The summed E-state index contributed by atoms with van der Waals surface area (Å²) in [6, 6.07) is 7.05. The first-order valence-electron chi connectivity index (χ1n) is 6.48. The minimum Gasteiger partial charge on any atom is -0.508 e. The zero-order valence-electron chi connectivity index (χ0n) is 10.9. The molecule has 0 unspecified atom stereocenters. The summed E-state index contributed by atoms with van der Waals surface area (Å²) in [4.78, 5) is 4.35. The minimum absolute atomic E-state index is 0.196. The second kappa shape index (κ2) is 4.14. The summed E-state index contributed by atoms with van der Waals surface area (Å²) in [6.07, 6.45) is 3.66. The summed E-state index contributed by atoms with van der Waals surface area (Å²) >= 11 is 3.45. The topological polar surface area (TPSA) is 80.4 Å². The summed E-state index contributed by atoms with van der Waals surface area (Å²) < 4.78 is 6.74. The standard InChI is InChI=1S/C15H12BrN3O2/c16-8-3-11-14(18-6-8)21-12-2-1-9(20)4-10(12)15(11)5-13(17)19-7-15/h1-6,19-20H,7,17H2/t15-/m0/s1. The van der Waals surface area contributed by atoms with Crippen LogP contribution >= 0.6 is 15.9 Å². The number of nitrogens with two attached hydrogens (primary N) is 1. The Morgan fingerprint density at radius 3 is 2.95 bits per heavy atom. The van der Waals surface area contributed by atoms with E-state index in [1.165, 1.54) is 0 Å². The molecular weight excluding hydrogens is 334 g/mol. The summed E-state index contributed by atoms with van der Waals surface area (Å²) in [5.74, 6) is 2.05. The molecule has 0 amide bonds. The van der Waals surface area contributed by atoms with Gasteiger partial charge in [0.15, 0.2) is 0 Å². The number of ether oxygens (including phenoxy) is 1. The zero-order valence-corrected chi connectivity index (χ0v) is 12.5. The first-order chi connectivity index (χ1) is 10.1. The van der Waals surface area contributed by atoms with Gasteiger partial charge in [-0.15, -0.1) is 0 Å². The molecule has 5 nitrogen and oxygen atoms in total. The molecule has 21 heavy (non-hydrogen) atoms. The third kappa shape index (κ3) is 1.72. The number of phenols is 1. The molecule has 3 heterocycles. The van der Waals surface area contributed by atoms with Gasteiger partial charge in [-0.3, -0.25) is 0 Å². The van der Waals surface area contributed by atoms with Crippen LogP contribution in [0.4, 0.5) is 0 Å². The number of aromatic hydroxyl groups is 1. The van der Waals surface area contributed by atoms with Crippen LogP contribution in [-0.2, 0) is 5.41 Å². The number of fused-ring (bicyclic) bond motifs is 4. The molecule has 2 aromatic rings. The summed E-state index contributed by atoms with van der Waals surface area (Å²) in [6.45, 7) is 0.601. The van der Waals surface area contributed by atoms with Gasteiger partial charge in [0.2, 0.25) is 5.88 Å². The molecule has 0 fully saturated rings. The second-order valence-corrected chi connectivity index (χ2v) is 6.13. The first-order valence-corrected chi connectivity index (χ1v) is 7.27. The number of nitrogens with one attached hydrogen (secondary N) is 1. The van der Waals surface area contributed by atoms with Crippen LogP contribution in [0.3, 0.4) is 0 Å². The maximum absolute atomic E-state index is 9.85. The molecule has 2 aliphatic heterocycles. The van der Waals surface area contributed by atoms with Crippen LogP contribution in [0.25, 0.3) is 0 Å². The fraction of sp³-hybridized carbons (Fsp3) is 0.133. The number of pyridine rings is 1. The van der Waals surface area contributed by atoms with Crippen molar-refractivity contribution in [2.24, 2.45) is 5.73 Å². The van der Waals surface area contributed by atoms with Crippen molar-refractivity contribution in [2.45, 2.75) is 5.41 Å². The predicted molar refractivity (Wildman–Crippen MR) is 81.2 cm³/mol. The van der Waals surface area contributed by atoms with Crippen LogP contribution in [0.1, 0.15) is 11.1 Å². The quantitative estimate of drug-likeness (QED) is 0.682. The molecule has 4 rings (SSSR count). The highest BCUT2D eigenvalue weighted by molar-refractivity contribution is 9.10. The van der Waals surface area contributed by atoms with Gasteiger partial charge < -0.3 is 20.9 Å². The van der Waals surface area contributed by atoms with Crippen LogP contribution in [-0.4, -0.2) is 16.6 Å². The Morgan fingerprint density at radius 1 is 1.33 bits per heavy atom. The van der Waals surface area contributed by atoms with Crippen LogP contribution in [0.15, 0.2) is 46.8 Å². The number of benzene rings is 1. The Morgan fingerprint density at radius 2 is 2.19 bits per heavy atom. The van der Waals surface area contributed by atoms with E-state index in [1.807, 2.05) is 12.1 Å². The van der Waals surface area contributed by atoms with Crippen molar-refractivity contribution in [3.63, 3.8) is 0 Å². The molecule has 2 aliphatic rings. The van der Waals surface area contributed by atoms with Gasteiger partial charge in [-0.05, 0) is 46.3 Å². The number of phenolic OH excluding ortho intramolecular Hbond substituents is 1. The molecule has 6 heteroatoms. The smallest absolute Gasteiger partial charge is 0.223 e. The number of nitrogens with zero attached hydrogens (tertiary/aromatic N) is 1. The molecule has 0 saturated heterocycles. The van der Waals surface area contributed by atoms with Crippen molar-refractivity contribution in [1.29, 1.82) is 0 Å². The van der Waals surface area contributed by atoms with Gasteiger partial charge in [0.1, 0.15) is 11.5 Å². The molecule has 1 spiro atoms. The highest BCUT2D eigenvalue weighted by Gasteiger charge is 2.44. The number of aromatic nitrogens is 1. The van der Waals surface area contributed by atoms with Gasteiger partial charge >= 0.3 is 0 Å². The minimum atomic E-state index is -0.484. The Labute approximate surface area is 129 Å². The van der Waals surface area contributed by atoms with Crippen LogP contribution in [0.5, 0.6) is 17.4 Å². The van der Waals surface area contributed by atoms with E-state index in [1.54, 1.807) is 24.4 Å². The lowest BCUT2D eigenvalue weighted by atomic mass is 9.74. The maximum Gasteiger partial charge on any atom is 0.223 e. The fourth-order valence-corrected chi connectivity index (χ4v) is 3.32. The summed E-state index contributed by atoms with van der Waals surface area (Å²) in [7, 11) is 0. The highest BCUT2D eigenvalue weighted by atomic mass is 79.9. The molecule has 0 radical (unpaired) electrons. The molecule has 0 aliphatic carbocycles. The molecule has 1 atom stereocenters. The van der Waals surface area contributed by atoms with Crippen molar-refractivity contribution in [3.05, 3.63) is 58.0 Å². The Balaban J connectivity index is 2.05. The lowest BCUT2D eigenvalue weighted by molar-refractivity contribution is 0.402. The van der Waals surface area contributed by atoms with Crippen molar-refractivity contribution in [2.75, 3.05) is 6.54 Å². The number of hydrogen-bond donors (Lipinski definition) is 3. The van der Waals surface area contributed by atoms with Gasteiger partial charge in [0, 0.05) is 28.3 Å². The monoisotopic (exact) mass is 345 g/mol. The van der Waals surface area contributed by atoms with Crippen molar-refractivity contribution >= 4 is 15.9 Å². The molecule has 0 saturated carbocycles. The van der Waals surface area contributed by atoms with E-state index in [0.717, 1.165) is 15.6 Å². The second-order valence-electron chi connectivity index (χ2n) is 5.21. The molecule has 0 bridgehead atoms. The first kappa shape index (κ1) is 12.5. The Kier molecular flexibility index (Phi) is 2.47. The number of halogens is 1.